The highest BCUT2D eigenvalue weighted by Gasteiger charge is 2.25. The van der Waals surface area contributed by atoms with Crippen LogP contribution < -0.4 is 0 Å². The zero-order chi connectivity index (χ0) is 21.7. The molecule has 0 aromatic heterocycles. The van der Waals surface area contributed by atoms with E-state index in [1.807, 2.05) is 0 Å². The summed E-state index contributed by atoms with van der Waals surface area (Å²) in [7, 11) is 0. The molecule has 0 aliphatic heterocycles. The van der Waals surface area contributed by atoms with E-state index in [9.17, 15) is 0 Å². The fraction of sp³-hybridized carbons (Fsp3) is 0.429. The van der Waals surface area contributed by atoms with Crippen LogP contribution in [0.2, 0.25) is 0 Å². The molecule has 29 heavy (non-hydrogen) atoms. The minimum Gasteiger partial charge on any atom is -0.380 e. The van der Waals surface area contributed by atoms with Gasteiger partial charge < -0.3 is 4.74 Å². The van der Waals surface area contributed by atoms with Gasteiger partial charge in [0.15, 0.2) is 0 Å². The maximum atomic E-state index is 6.23. The van der Waals surface area contributed by atoms with Crippen LogP contribution in [0.1, 0.15) is 76.6 Å². The minimum atomic E-state index is -0.0368. The molecule has 2 aromatic rings. The third-order valence-corrected chi connectivity index (χ3v) is 5.93. The van der Waals surface area contributed by atoms with Gasteiger partial charge in [-0.15, -0.1) is 0 Å². The van der Waals surface area contributed by atoms with Crippen molar-refractivity contribution in [3.8, 4) is 0 Å². The van der Waals surface area contributed by atoms with E-state index >= 15 is 0 Å². The van der Waals surface area contributed by atoms with Crippen LogP contribution >= 0.6 is 0 Å². The maximum Gasteiger partial charge on any atom is 0.0558 e. The summed E-state index contributed by atoms with van der Waals surface area (Å²) >= 11 is 0. The second-order valence-corrected chi connectivity index (χ2v) is 9.33. The molecule has 0 amide bonds. The Bertz CT molecular complexity index is 748. The molecule has 156 valence electrons. The zero-order valence-electron chi connectivity index (χ0n) is 19.3. The van der Waals surface area contributed by atoms with E-state index in [1.54, 1.807) is 0 Å². The van der Waals surface area contributed by atoms with E-state index in [1.165, 1.54) is 33.4 Å². The first kappa shape index (κ1) is 23.2. The first-order valence-corrected chi connectivity index (χ1v) is 10.8. The third-order valence-electron chi connectivity index (χ3n) is 5.93. The van der Waals surface area contributed by atoms with Gasteiger partial charge in [-0.3, -0.25) is 0 Å². The van der Waals surface area contributed by atoms with Crippen molar-refractivity contribution < 1.29 is 4.74 Å². The summed E-state index contributed by atoms with van der Waals surface area (Å²) in [5, 5.41) is 0. The van der Waals surface area contributed by atoms with E-state index in [4.69, 9.17) is 4.74 Å². The lowest BCUT2D eigenvalue weighted by Crippen LogP contribution is -2.30. The fourth-order valence-corrected chi connectivity index (χ4v) is 3.45. The SMILES string of the molecule is C=C(CC)c1ccc(C(C)(C)COCC(C)(C)c2ccc(C(=C)CC)cc2)cc1. The van der Waals surface area contributed by atoms with Crippen LogP contribution in [0.5, 0.6) is 0 Å². The maximum absolute atomic E-state index is 6.23. The zero-order valence-corrected chi connectivity index (χ0v) is 19.3. The van der Waals surface area contributed by atoms with Gasteiger partial charge in [0.05, 0.1) is 13.2 Å². The van der Waals surface area contributed by atoms with Crippen LogP contribution in [0, 0.1) is 0 Å². The van der Waals surface area contributed by atoms with Crippen molar-refractivity contribution in [3.05, 3.63) is 83.9 Å². The molecule has 0 aliphatic rings. The number of ether oxygens (including phenoxy) is 1. The highest BCUT2D eigenvalue weighted by molar-refractivity contribution is 5.64. The second-order valence-electron chi connectivity index (χ2n) is 9.33. The lowest BCUT2D eigenvalue weighted by molar-refractivity contribution is 0.0634. The van der Waals surface area contributed by atoms with Crippen molar-refractivity contribution in [1.29, 1.82) is 0 Å². The van der Waals surface area contributed by atoms with Gasteiger partial charge in [0.1, 0.15) is 0 Å². The van der Waals surface area contributed by atoms with Crippen LogP contribution in [-0.4, -0.2) is 13.2 Å². The highest BCUT2D eigenvalue weighted by Crippen LogP contribution is 2.29. The van der Waals surface area contributed by atoms with Crippen LogP contribution in [0.15, 0.2) is 61.7 Å². The molecule has 0 unspecified atom stereocenters. The summed E-state index contributed by atoms with van der Waals surface area (Å²) < 4.78 is 6.23. The quantitative estimate of drug-likeness (QED) is 0.402. The predicted molar refractivity (Wildman–Crippen MR) is 128 cm³/mol. The topological polar surface area (TPSA) is 9.23 Å². The standard InChI is InChI=1S/C28H38O/c1-9-21(3)23-11-15-25(16-12-23)27(5,6)19-29-20-28(7,8)26-17-13-24(14-18-26)22(4)10-2/h11-18H,3-4,9-10,19-20H2,1-2,5-8H3. The smallest absolute Gasteiger partial charge is 0.0558 e. The second kappa shape index (κ2) is 9.59. The van der Waals surface area contributed by atoms with Gasteiger partial charge >= 0.3 is 0 Å². The number of hydrogen-bond acceptors (Lipinski definition) is 1. The Balaban J connectivity index is 1.99. The van der Waals surface area contributed by atoms with E-state index < -0.39 is 0 Å². The predicted octanol–water partition coefficient (Wildman–Crippen LogP) is 7.81. The van der Waals surface area contributed by atoms with Gasteiger partial charge in [-0.25, -0.2) is 0 Å². The molecule has 2 rings (SSSR count). The van der Waals surface area contributed by atoms with Gasteiger partial charge in [0.25, 0.3) is 0 Å². The van der Waals surface area contributed by atoms with Crippen molar-refractivity contribution in [2.45, 2.75) is 65.2 Å². The van der Waals surface area contributed by atoms with Crippen molar-refractivity contribution in [2.24, 2.45) is 0 Å². The molecule has 0 bridgehead atoms. The molecule has 0 heterocycles. The summed E-state index contributed by atoms with van der Waals surface area (Å²) in [6.45, 7) is 22.9. The summed E-state index contributed by atoms with van der Waals surface area (Å²) in [4.78, 5) is 0. The Morgan fingerprint density at radius 3 is 1.24 bits per heavy atom. The Morgan fingerprint density at radius 1 is 0.655 bits per heavy atom. The van der Waals surface area contributed by atoms with E-state index in [-0.39, 0.29) is 10.8 Å². The number of hydrogen-bond donors (Lipinski definition) is 0. The molecule has 1 nitrogen and oxygen atoms in total. The normalized spacial score (nSPS) is 12.1. The Morgan fingerprint density at radius 2 is 0.966 bits per heavy atom. The number of allylic oxidation sites excluding steroid dienone is 2. The molecular weight excluding hydrogens is 352 g/mol. The first-order chi connectivity index (χ1) is 13.6. The molecule has 0 saturated carbocycles. The molecule has 0 N–H and O–H groups in total. The van der Waals surface area contributed by atoms with E-state index in [0.29, 0.717) is 13.2 Å². The highest BCUT2D eigenvalue weighted by atomic mass is 16.5. The van der Waals surface area contributed by atoms with Crippen molar-refractivity contribution in [3.63, 3.8) is 0 Å². The number of benzene rings is 2. The molecule has 0 aliphatic carbocycles. The summed E-state index contributed by atoms with van der Waals surface area (Å²) in [5.41, 5.74) is 7.33. The van der Waals surface area contributed by atoms with Gasteiger partial charge in [0.2, 0.25) is 0 Å². The van der Waals surface area contributed by atoms with Crippen molar-refractivity contribution >= 4 is 11.1 Å². The molecule has 0 radical (unpaired) electrons. The van der Waals surface area contributed by atoms with E-state index in [2.05, 4.69) is 103 Å². The number of rotatable bonds is 10. The molecular formula is C28H38O. The monoisotopic (exact) mass is 390 g/mol. The molecule has 0 atom stereocenters. The van der Waals surface area contributed by atoms with Gasteiger partial charge in [0, 0.05) is 10.8 Å². The minimum absolute atomic E-state index is 0.0368. The average Bonchev–Trinajstić information content (AvgIpc) is 2.72. The lowest BCUT2D eigenvalue weighted by atomic mass is 9.83. The fourth-order valence-electron chi connectivity index (χ4n) is 3.45. The third kappa shape index (κ3) is 5.93. The van der Waals surface area contributed by atoms with Crippen LogP contribution in [0.3, 0.4) is 0 Å². The van der Waals surface area contributed by atoms with Crippen molar-refractivity contribution in [2.75, 3.05) is 13.2 Å². The molecule has 0 saturated heterocycles. The molecule has 1 heteroatoms. The Hall–Kier alpha value is -2.12. The Kier molecular flexibility index (Phi) is 7.66. The molecule has 0 fully saturated rings. The Labute approximate surface area is 178 Å². The van der Waals surface area contributed by atoms with Crippen LogP contribution in [-0.2, 0) is 15.6 Å². The largest absolute Gasteiger partial charge is 0.380 e. The van der Waals surface area contributed by atoms with Crippen molar-refractivity contribution in [1.82, 2.24) is 0 Å². The van der Waals surface area contributed by atoms with E-state index in [0.717, 1.165) is 12.8 Å². The van der Waals surface area contributed by atoms with Crippen LogP contribution in [0.4, 0.5) is 0 Å². The first-order valence-electron chi connectivity index (χ1n) is 10.8. The summed E-state index contributed by atoms with van der Waals surface area (Å²) in [6, 6.07) is 17.6. The van der Waals surface area contributed by atoms with Crippen LogP contribution in [0.25, 0.3) is 11.1 Å². The van der Waals surface area contributed by atoms with Gasteiger partial charge in [-0.1, -0.05) is 103 Å². The molecule has 2 aromatic carbocycles. The molecule has 0 spiro atoms. The average molecular weight is 391 g/mol. The summed E-state index contributed by atoms with van der Waals surface area (Å²) in [6.07, 6.45) is 1.96. The van der Waals surface area contributed by atoms with Gasteiger partial charge in [-0.2, -0.15) is 0 Å². The van der Waals surface area contributed by atoms with Gasteiger partial charge in [-0.05, 0) is 46.2 Å². The summed E-state index contributed by atoms with van der Waals surface area (Å²) in [5.74, 6) is 0. The lowest BCUT2D eigenvalue weighted by Gasteiger charge is -2.30.